The van der Waals surface area contributed by atoms with Gasteiger partial charge in [-0.2, -0.15) is 0 Å². The van der Waals surface area contributed by atoms with Crippen LogP contribution in [0.2, 0.25) is 0 Å². The van der Waals surface area contributed by atoms with Crippen molar-refractivity contribution < 1.29 is 19.1 Å². The number of anilines is 1. The predicted octanol–water partition coefficient (Wildman–Crippen LogP) is 3.38. The van der Waals surface area contributed by atoms with Crippen LogP contribution < -0.4 is 10.6 Å². The number of carbonyl (C=O) groups is 2. The number of likely N-dealkylation sites (tertiary alicyclic amines) is 1. The van der Waals surface area contributed by atoms with Crippen molar-refractivity contribution in [2.45, 2.75) is 37.4 Å². The average molecular weight is 367 g/mol. The first-order valence-electron chi connectivity index (χ1n) is 9.36. The Bertz CT molecular complexity index is 891. The molecule has 0 spiro atoms. The van der Waals surface area contributed by atoms with E-state index in [1.54, 1.807) is 12.3 Å². The van der Waals surface area contributed by atoms with Crippen LogP contribution in [0.1, 0.15) is 53.0 Å². The standard InChI is InChI=1S/C20H21N3O4/c24-19(21-12-4-5-12)11-3-6-15-14(10-11)18-13(7-8-23(18)20(25)26)17(22-15)16-2-1-9-27-16/h1-3,6,9-10,12-13,17-18,22H,4-5,7-8H2,(H,21,24)(H,25,26). The van der Waals surface area contributed by atoms with Gasteiger partial charge in [0, 0.05) is 29.8 Å². The van der Waals surface area contributed by atoms with Crippen LogP contribution in [0, 0.1) is 5.92 Å². The van der Waals surface area contributed by atoms with Crippen LogP contribution in [-0.4, -0.2) is 34.6 Å². The second kappa shape index (κ2) is 6.04. The van der Waals surface area contributed by atoms with E-state index in [2.05, 4.69) is 10.6 Å². The number of furan rings is 1. The van der Waals surface area contributed by atoms with Gasteiger partial charge >= 0.3 is 6.09 Å². The maximum Gasteiger partial charge on any atom is 0.407 e. The second-order valence-electron chi connectivity index (χ2n) is 7.56. The van der Waals surface area contributed by atoms with E-state index < -0.39 is 6.09 Å². The maximum absolute atomic E-state index is 12.5. The van der Waals surface area contributed by atoms with Crippen molar-refractivity contribution in [3.8, 4) is 0 Å². The Labute approximate surface area is 156 Å². The highest BCUT2D eigenvalue weighted by Crippen LogP contribution is 2.51. The van der Waals surface area contributed by atoms with Crippen LogP contribution in [0.5, 0.6) is 0 Å². The lowest BCUT2D eigenvalue weighted by Gasteiger charge is -2.38. The molecule has 0 radical (unpaired) electrons. The molecule has 1 aromatic carbocycles. The normalized spacial score (nSPS) is 26.1. The van der Waals surface area contributed by atoms with E-state index in [4.69, 9.17) is 4.42 Å². The Hall–Kier alpha value is -2.96. The molecule has 2 aliphatic heterocycles. The van der Waals surface area contributed by atoms with Gasteiger partial charge in [-0.25, -0.2) is 4.79 Å². The molecular weight excluding hydrogens is 346 g/mol. The maximum atomic E-state index is 12.5. The molecule has 2 aromatic rings. The number of fused-ring (bicyclic) bond motifs is 3. The smallest absolute Gasteiger partial charge is 0.407 e. The molecule has 1 aliphatic carbocycles. The molecule has 1 saturated heterocycles. The SMILES string of the molecule is O=C(NC1CC1)c1ccc2c(c1)C1C(CCN1C(=O)O)C(c1ccco1)N2. The van der Waals surface area contributed by atoms with E-state index in [-0.39, 0.29) is 30.0 Å². The number of benzene rings is 1. The first kappa shape index (κ1) is 16.2. The summed E-state index contributed by atoms with van der Waals surface area (Å²) in [6.07, 6.45) is 3.51. The average Bonchev–Trinajstić information content (AvgIpc) is 3.14. The molecular formula is C20H21N3O4. The highest BCUT2D eigenvalue weighted by Gasteiger charge is 2.47. The molecule has 1 aromatic heterocycles. The lowest BCUT2D eigenvalue weighted by molar-refractivity contribution is 0.0951. The Morgan fingerprint density at radius 1 is 1.22 bits per heavy atom. The third kappa shape index (κ3) is 2.74. The molecule has 7 nitrogen and oxygen atoms in total. The molecule has 7 heteroatoms. The largest absolute Gasteiger partial charge is 0.467 e. The van der Waals surface area contributed by atoms with E-state index in [0.717, 1.165) is 36.3 Å². The summed E-state index contributed by atoms with van der Waals surface area (Å²) in [5.74, 6) is 0.768. The van der Waals surface area contributed by atoms with Gasteiger partial charge in [-0.15, -0.1) is 0 Å². The first-order valence-corrected chi connectivity index (χ1v) is 9.36. The first-order chi connectivity index (χ1) is 13.1. The van der Waals surface area contributed by atoms with Crippen molar-refractivity contribution in [2.75, 3.05) is 11.9 Å². The number of hydrogen-bond donors (Lipinski definition) is 3. The summed E-state index contributed by atoms with van der Waals surface area (Å²) in [5.41, 5.74) is 2.30. The van der Waals surface area contributed by atoms with Crippen LogP contribution in [0.3, 0.4) is 0 Å². The van der Waals surface area contributed by atoms with Gasteiger partial charge < -0.3 is 25.1 Å². The Balaban J connectivity index is 1.55. The molecule has 2 fully saturated rings. The van der Waals surface area contributed by atoms with Crippen molar-refractivity contribution in [1.29, 1.82) is 0 Å². The highest BCUT2D eigenvalue weighted by molar-refractivity contribution is 5.95. The molecule has 3 heterocycles. The van der Waals surface area contributed by atoms with E-state index >= 15 is 0 Å². The van der Waals surface area contributed by atoms with Gasteiger partial charge in [-0.1, -0.05) is 0 Å². The fourth-order valence-electron chi connectivity index (χ4n) is 4.38. The van der Waals surface area contributed by atoms with Gasteiger partial charge in [-0.3, -0.25) is 4.79 Å². The molecule has 27 heavy (non-hydrogen) atoms. The molecule has 0 bridgehead atoms. The zero-order chi connectivity index (χ0) is 18.5. The fourth-order valence-corrected chi connectivity index (χ4v) is 4.38. The minimum atomic E-state index is -0.929. The Morgan fingerprint density at radius 3 is 2.78 bits per heavy atom. The van der Waals surface area contributed by atoms with Crippen LogP contribution in [0.25, 0.3) is 0 Å². The third-order valence-corrected chi connectivity index (χ3v) is 5.82. The van der Waals surface area contributed by atoms with Crippen LogP contribution >= 0.6 is 0 Å². The Morgan fingerprint density at radius 2 is 2.07 bits per heavy atom. The van der Waals surface area contributed by atoms with Gasteiger partial charge in [0.05, 0.1) is 18.3 Å². The van der Waals surface area contributed by atoms with E-state index in [1.165, 1.54) is 4.90 Å². The van der Waals surface area contributed by atoms with E-state index in [9.17, 15) is 14.7 Å². The van der Waals surface area contributed by atoms with E-state index in [1.807, 2.05) is 24.3 Å². The van der Waals surface area contributed by atoms with Crippen molar-refractivity contribution in [3.05, 3.63) is 53.5 Å². The summed E-state index contributed by atoms with van der Waals surface area (Å²) in [6, 6.07) is 9.18. The topological polar surface area (TPSA) is 94.8 Å². The summed E-state index contributed by atoms with van der Waals surface area (Å²) in [7, 11) is 0. The summed E-state index contributed by atoms with van der Waals surface area (Å²) in [6.45, 7) is 0.474. The molecule has 3 N–H and O–H groups in total. The van der Waals surface area contributed by atoms with Crippen molar-refractivity contribution >= 4 is 17.7 Å². The summed E-state index contributed by atoms with van der Waals surface area (Å²) < 4.78 is 5.61. The van der Waals surface area contributed by atoms with Gasteiger partial charge in [0.15, 0.2) is 0 Å². The van der Waals surface area contributed by atoms with Gasteiger partial charge in [0.25, 0.3) is 5.91 Å². The van der Waals surface area contributed by atoms with Crippen molar-refractivity contribution in [3.63, 3.8) is 0 Å². The summed E-state index contributed by atoms with van der Waals surface area (Å²) in [5, 5.41) is 16.2. The number of hydrogen-bond acceptors (Lipinski definition) is 4. The lowest BCUT2D eigenvalue weighted by atomic mass is 9.81. The van der Waals surface area contributed by atoms with Crippen LogP contribution in [0.4, 0.5) is 10.5 Å². The molecule has 3 aliphatic rings. The quantitative estimate of drug-likeness (QED) is 0.773. The molecule has 2 amide bonds. The molecule has 5 rings (SSSR count). The van der Waals surface area contributed by atoms with E-state index in [0.29, 0.717) is 12.1 Å². The minimum absolute atomic E-state index is 0.0569. The molecule has 3 unspecified atom stereocenters. The molecule has 3 atom stereocenters. The number of rotatable bonds is 3. The van der Waals surface area contributed by atoms with Crippen molar-refractivity contribution in [2.24, 2.45) is 5.92 Å². The fraction of sp³-hybridized carbons (Fsp3) is 0.400. The number of nitrogens with zero attached hydrogens (tertiary/aromatic N) is 1. The summed E-state index contributed by atoms with van der Waals surface area (Å²) in [4.78, 5) is 25.8. The zero-order valence-corrected chi connectivity index (χ0v) is 14.7. The third-order valence-electron chi connectivity index (χ3n) is 5.82. The zero-order valence-electron chi connectivity index (χ0n) is 14.7. The summed E-state index contributed by atoms with van der Waals surface area (Å²) >= 11 is 0. The second-order valence-corrected chi connectivity index (χ2v) is 7.56. The van der Waals surface area contributed by atoms with Crippen LogP contribution in [-0.2, 0) is 0 Å². The number of carboxylic acid groups (broad SMARTS) is 1. The van der Waals surface area contributed by atoms with Gasteiger partial charge in [-0.05, 0) is 55.2 Å². The predicted molar refractivity (Wildman–Crippen MR) is 97.6 cm³/mol. The minimum Gasteiger partial charge on any atom is -0.467 e. The van der Waals surface area contributed by atoms with Gasteiger partial charge in [0.1, 0.15) is 5.76 Å². The number of nitrogens with one attached hydrogen (secondary N) is 2. The van der Waals surface area contributed by atoms with Gasteiger partial charge in [0.2, 0.25) is 0 Å². The Kier molecular flexibility index (Phi) is 3.63. The molecule has 140 valence electrons. The number of carbonyl (C=O) groups excluding carboxylic acids is 1. The lowest BCUT2D eigenvalue weighted by Crippen LogP contribution is -2.37. The van der Waals surface area contributed by atoms with Crippen molar-refractivity contribution in [1.82, 2.24) is 10.2 Å². The highest BCUT2D eigenvalue weighted by atomic mass is 16.4. The molecule has 1 saturated carbocycles. The number of amides is 2. The monoisotopic (exact) mass is 367 g/mol. The van der Waals surface area contributed by atoms with Crippen LogP contribution in [0.15, 0.2) is 41.0 Å².